The largest absolute Gasteiger partial charge is 0.374 e. The molecular weight excluding hydrogens is 523 g/mol. The van der Waals surface area contributed by atoms with E-state index >= 15 is 4.39 Å². The fourth-order valence-electron chi connectivity index (χ4n) is 4.80. The van der Waals surface area contributed by atoms with Crippen molar-refractivity contribution in [2.75, 3.05) is 6.61 Å². The lowest BCUT2D eigenvalue weighted by Crippen LogP contribution is -2.65. The van der Waals surface area contributed by atoms with Crippen LogP contribution in [-0.2, 0) is 50.1 Å². The van der Waals surface area contributed by atoms with E-state index in [0.29, 0.717) is 6.61 Å². The highest BCUT2D eigenvalue weighted by Gasteiger charge is 2.57. The van der Waals surface area contributed by atoms with E-state index in [0.717, 1.165) is 22.3 Å². The van der Waals surface area contributed by atoms with E-state index in [1.807, 2.05) is 121 Å². The van der Waals surface area contributed by atoms with Gasteiger partial charge in [0, 0.05) is 0 Å². The van der Waals surface area contributed by atoms with Crippen LogP contribution in [0.15, 0.2) is 121 Å². The van der Waals surface area contributed by atoms with Crippen molar-refractivity contribution in [1.29, 1.82) is 0 Å². The summed E-state index contributed by atoms with van der Waals surface area (Å²) in [5.41, 5.74) is 3.60. The number of alkyl halides is 1. The van der Waals surface area contributed by atoms with E-state index in [2.05, 4.69) is 0 Å². The molecule has 41 heavy (non-hydrogen) atoms. The third kappa shape index (κ3) is 8.30. The maximum Gasteiger partial charge on any atom is 0.348 e. The first kappa shape index (κ1) is 29.1. The molecule has 0 spiro atoms. The molecule has 1 saturated heterocycles. The molecule has 0 bridgehead atoms. The minimum Gasteiger partial charge on any atom is -0.374 e. The predicted molar refractivity (Wildman–Crippen MR) is 152 cm³/mol. The first-order chi connectivity index (χ1) is 20.1. The monoisotopic (exact) mass is 558 g/mol. The van der Waals surface area contributed by atoms with Crippen molar-refractivity contribution in [2.24, 2.45) is 0 Å². The molecule has 1 aliphatic rings. The fraction of sp³-hybridized carbons (Fsp3) is 0.294. The van der Waals surface area contributed by atoms with Gasteiger partial charge >= 0.3 is 6.04 Å². The van der Waals surface area contributed by atoms with Crippen molar-refractivity contribution in [3.05, 3.63) is 144 Å². The zero-order valence-electron chi connectivity index (χ0n) is 22.8. The van der Waals surface area contributed by atoms with Gasteiger partial charge in [-0.25, -0.2) is 0 Å². The first-order valence-electron chi connectivity index (χ1n) is 13.8. The van der Waals surface area contributed by atoms with Crippen LogP contribution in [-0.4, -0.2) is 42.2 Å². The summed E-state index contributed by atoms with van der Waals surface area (Å²) in [5.74, 6) is 0. The Balaban J connectivity index is 1.39. The van der Waals surface area contributed by atoms with Gasteiger partial charge in [-0.05, 0) is 22.3 Å². The summed E-state index contributed by atoms with van der Waals surface area (Å²) in [7, 11) is 0. The molecule has 4 aromatic carbocycles. The topological polar surface area (TPSA) is 66.4 Å². The fourth-order valence-corrected chi connectivity index (χ4v) is 4.80. The number of halogens is 1. The second-order valence-electron chi connectivity index (χ2n) is 10.0. The van der Waals surface area contributed by atoms with E-state index in [1.165, 1.54) is 0 Å². The Morgan fingerprint density at radius 2 is 0.951 bits per heavy atom. The smallest absolute Gasteiger partial charge is 0.348 e. The van der Waals surface area contributed by atoms with E-state index in [4.69, 9.17) is 23.7 Å². The lowest BCUT2D eigenvalue weighted by Gasteiger charge is -2.46. The zero-order chi connectivity index (χ0) is 28.3. The summed E-state index contributed by atoms with van der Waals surface area (Å²) >= 11 is 0. The molecule has 5 atom stereocenters. The molecule has 0 aromatic heterocycles. The van der Waals surface area contributed by atoms with Crippen LogP contribution in [0.25, 0.3) is 0 Å². The van der Waals surface area contributed by atoms with Crippen molar-refractivity contribution in [1.82, 2.24) is 0 Å². The Labute approximate surface area is 240 Å². The molecule has 0 radical (unpaired) electrons. The molecule has 0 unspecified atom stereocenters. The second kappa shape index (κ2) is 14.5. The number of rotatable bonds is 13. The normalized spacial score (nSPS) is 24.2. The molecule has 1 aliphatic heterocycles. The molecule has 4 aromatic rings. The van der Waals surface area contributed by atoms with Gasteiger partial charge in [0.2, 0.25) is 0 Å². The molecule has 7 heteroatoms. The molecule has 0 amide bonds. The molecule has 214 valence electrons. The number of benzene rings is 4. The van der Waals surface area contributed by atoms with Crippen molar-refractivity contribution >= 4 is 0 Å². The van der Waals surface area contributed by atoms with Crippen LogP contribution >= 0.6 is 0 Å². The van der Waals surface area contributed by atoms with Gasteiger partial charge in [0.15, 0.2) is 6.10 Å². The summed E-state index contributed by atoms with van der Waals surface area (Å²) in [6.45, 7) is 0.700. The average Bonchev–Trinajstić information content (AvgIpc) is 3.01. The minimum atomic E-state index is -3.15. The summed E-state index contributed by atoms with van der Waals surface area (Å²) in [6.07, 6.45) is -4.30. The third-order valence-electron chi connectivity index (χ3n) is 6.89. The van der Waals surface area contributed by atoms with Crippen molar-refractivity contribution < 1.29 is 33.2 Å². The number of ether oxygens (including phenoxy) is 5. The Morgan fingerprint density at radius 1 is 0.561 bits per heavy atom. The highest BCUT2D eigenvalue weighted by molar-refractivity contribution is 5.16. The van der Waals surface area contributed by atoms with Crippen LogP contribution in [0.3, 0.4) is 0 Å². The highest BCUT2D eigenvalue weighted by Crippen LogP contribution is 2.36. The predicted octanol–water partition coefficient (Wildman–Crippen LogP) is 5.97. The van der Waals surface area contributed by atoms with E-state index in [-0.39, 0.29) is 26.4 Å². The van der Waals surface area contributed by atoms with Crippen molar-refractivity contribution in [2.45, 2.75) is 56.9 Å². The lowest BCUT2D eigenvalue weighted by atomic mass is 9.97. The van der Waals surface area contributed by atoms with Crippen molar-refractivity contribution in [3.8, 4) is 0 Å². The molecular formula is C34H35FO6. The van der Waals surface area contributed by atoms with E-state index < -0.39 is 30.5 Å². The highest BCUT2D eigenvalue weighted by atomic mass is 19.2. The van der Waals surface area contributed by atoms with Crippen LogP contribution < -0.4 is 0 Å². The van der Waals surface area contributed by atoms with Crippen LogP contribution in [0.4, 0.5) is 4.39 Å². The Kier molecular flexibility index (Phi) is 10.3. The summed E-state index contributed by atoms with van der Waals surface area (Å²) < 4.78 is 46.2. The van der Waals surface area contributed by atoms with Gasteiger partial charge in [0.25, 0.3) is 0 Å². The molecule has 0 aliphatic carbocycles. The van der Waals surface area contributed by atoms with Crippen LogP contribution in [0.1, 0.15) is 22.3 Å². The third-order valence-corrected chi connectivity index (χ3v) is 6.89. The standard InChI is InChI=1S/C34H35FO6/c35-34(36)33(40-24-29-19-11-4-12-20-29)32(39-23-28-17-9-3-10-18-28)31(38-22-27-15-7-2-8-16-27)30(41-34)25-37-21-26-13-5-1-6-14-26/h1-20,30-33,36H,21-25H2/t30-,31+,32+,33-,34-/m1/s1. The lowest BCUT2D eigenvalue weighted by molar-refractivity contribution is -0.418. The van der Waals surface area contributed by atoms with Crippen LogP contribution in [0.2, 0.25) is 0 Å². The number of hydrogen-bond acceptors (Lipinski definition) is 6. The zero-order valence-corrected chi connectivity index (χ0v) is 22.8. The molecule has 5 rings (SSSR count). The second-order valence-corrected chi connectivity index (χ2v) is 10.0. The van der Waals surface area contributed by atoms with Gasteiger partial charge in [-0.2, -0.15) is 4.39 Å². The maximum atomic E-state index is 16.0. The first-order valence-corrected chi connectivity index (χ1v) is 13.8. The Hall–Kier alpha value is -3.43. The molecule has 1 heterocycles. The number of hydrogen-bond donors (Lipinski definition) is 1. The van der Waals surface area contributed by atoms with E-state index in [1.54, 1.807) is 0 Å². The van der Waals surface area contributed by atoms with Gasteiger partial charge in [0.1, 0.15) is 18.3 Å². The summed E-state index contributed by atoms with van der Waals surface area (Å²) in [5, 5.41) is 11.0. The number of aliphatic hydroxyl groups is 1. The average molecular weight is 559 g/mol. The van der Waals surface area contributed by atoms with Gasteiger partial charge < -0.3 is 28.8 Å². The van der Waals surface area contributed by atoms with Gasteiger partial charge in [-0.15, -0.1) is 0 Å². The Bertz CT molecular complexity index is 1290. The van der Waals surface area contributed by atoms with Gasteiger partial charge in [-0.1, -0.05) is 121 Å². The van der Waals surface area contributed by atoms with Crippen molar-refractivity contribution in [3.63, 3.8) is 0 Å². The van der Waals surface area contributed by atoms with Gasteiger partial charge in [0.05, 0.1) is 33.0 Å². The molecule has 1 fully saturated rings. The quantitative estimate of drug-likeness (QED) is 0.218. The van der Waals surface area contributed by atoms with Crippen LogP contribution in [0, 0.1) is 0 Å². The maximum absolute atomic E-state index is 16.0. The summed E-state index contributed by atoms with van der Waals surface area (Å²) in [6, 6.07) is 35.1. The Morgan fingerprint density at radius 3 is 1.41 bits per heavy atom. The summed E-state index contributed by atoms with van der Waals surface area (Å²) in [4.78, 5) is 0. The minimum absolute atomic E-state index is 0.0306. The van der Waals surface area contributed by atoms with Gasteiger partial charge in [-0.3, -0.25) is 0 Å². The molecule has 1 N–H and O–H groups in total. The van der Waals surface area contributed by atoms with Crippen LogP contribution in [0.5, 0.6) is 0 Å². The molecule has 6 nitrogen and oxygen atoms in total. The van der Waals surface area contributed by atoms with E-state index in [9.17, 15) is 5.11 Å². The molecule has 0 saturated carbocycles. The SMILES string of the molecule is O[C@@]1(F)O[C@H](COCc2ccccc2)[C@H](OCc2ccccc2)[C@H](OCc2ccccc2)[C@H]1OCc1ccccc1.